The van der Waals surface area contributed by atoms with Crippen molar-refractivity contribution in [3.8, 4) is 5.75 Å². The Labute approximate surface area is 154 Å². The number of rotatable bonds is 11. The number of esters is 1. The maximum atomic E-state index is 13.8. The quantitative estimate of drug-likeness (QED) is 0.440. The molecule has 0 radical (unpaired) electrons. The minimum absolute atomic E-state index is 0.00471. The predicted octanol–water partition coefficient (Wildman–Crippen LogP) is 3.74. The summed E-state index contributed by atoms with van der Waals surface area (Å²) in [5.41, 5.74) is 0.844. The summed E-state index contributed by atoms with van der Waals surface area (Å²) < 4.78 is 35.2. The van der Waals surface area contributed by atoms with Crippen molar-refractivity contribution >= 4 is 5.97 Å². The van der Waals surface area contributed by atoms with Crippen molar-refractivity contribution in [1.29, 1.82) is 0 Å². The molecule has 1 unspecified atom stereocenters. The molecule has 0 aliphatic carbocycles. The molecule has 6 heteroatoms. The standard InChI is InChI=1S/C20H29FO5/c1-14(2)17-12-16(26-20(17)22)7-10-24-13-15-5-6-18(21)19(11-15)25-9-4-8-23-3/h5-6,11,14,16-17H,4,7-10,12-13H2,1-3H3/t16?,17-/m0/s1. The first-order valence-corrected chi connectivity index (χ1v) is 9.19. The molecule has 1 aliphatic heterocycles. The van der Waals surface area contributed by atoms with E-state index in [1.165, 1.54) is 6.07 Å². The maximum absolute atomic E-state index is 13.8. The largest absolute Gasteiger partial charge is 0.490 e. The van der Waals surface area contributed by atoms with Gasteiger partial charge in [0, 0.05) is 26.6 Å². The number of carbonyl (C=O) groups is 1. The van der Waals surface area contributed by atoms with E-state index in [0.717, 1.165) is 12.0 Å². The maximum Gasteiger partial charge on any atom is 0.309 e. The van der Waals surface area contributed by atoms with Gasteiger partial charge in [0.05, 0.1) is 25.7 Å². The van der Waals surface area contributed by atoms with Gasteiger partial charge in [0.1, 0.15) is 6.10 Å². The Morgan fingerprint density at radius 2 is 2.08 bits per heavy atom. The van der Waals surface area contributed by atoms with E-state index in [2.05, 4.69) is 0 Å². The van der Waals surface area contributed by atoms with Gasteiger partial charge in [0.25, 0.3) is 0 Å². The molecule has 1 aliphatic rings. The van der Waals surface area contributed by atoms with Gasteiger partial charge < -0.3 is 18.9 Å². The number of ether oxygens (including phenoxy) is 4. The normalized spacial score (nSPS) is 19.8. The van der Waals surface area contributed by atoms with Crippen molar-refractivity contribution in [3.63, 3.8) is 0 Å². The Morgan fingerprint density at radius 3 is 2.77 bits per heavy atom. The van der Waals surface area contributed by atoms with E-state index < -0.39 is 0 Å². The van der Waals surface area contributed by atoms with E-state index in [0.29, 0.717) is 45.2 Å². The average Bonchev–Trinajstić information content (AvgIpc) is 2.99. The molecule has 2 rings (SSSR count). The Kier molecular flexibility index (Phi) is 8.32. The molecule has 0 N–H and O–H groups in total. The summed E-state index contributed by atoms with van der Waals surface area (Å²) in [6.45, 7) is 5.91. The molecule has 2 atom stereocenters. The van der Waals surface area contributed by atoms with Crippen molar-refractivity contribution in [3.05, 3.63) is 29.6 Å². The van der Waals surface area contributed by atoms with Crippen molar-refractivity contribution in [2.45, 2.75) is 45.8 Å². The molecule has 0 spiro atoms. The molecule has 1 aromatic rings. The second-order valence-electron chi connectivity index (χ2n) is 6.95. The van der Waals surface area contributed by atoms with Gasteiger partial charge in [0.15, 0.2) is 11.6 Å². The summed E-state index contributed by atoms with van der Waals surface area (Å²) in [6.07, 6.45) is 2.07. The zero-order valence-corrected chi connectivity index (χ0v) is 15.8. The van der Waals surface area contributed by atoms with Crippen molar-refractivity contribution in [2.75, 3.05) is 26.9 Å². The zero-order valence-electron chi connectivity index (χ0n) is 15.8. The van der Waals surface area contributed by atoms with Crippen LogP contribution < -0.4 is 4.74 Å². The molecule has 1 aromatic carbocycles. The van der Waals surface area contributed by atoms with Crippen LogP contribution in [0.4, 0.5) is 4.39 Å². The third-order valence-electron chi connectivity index (χ3n) is 4.51. The van der Waals surface area contributed by atoms with Gasteiger partial charge in [-0.25, -0.2) is 4.39 Å². The SMILES string of the molecule is COCCCOc1cc(COCCC2C[C@@H](C(C)C)C(=O)O2)ccc1F. The van der Waals surface area contributed by atoms with E-state index in [-0.39, 0.29) is 29.6 Å². The molecular formula is C20H29FO5. The number of methoxy groups -OCH3 is 1. The lowest BCUT2D eigenvalue weighted by Crippen LogP contribution is -2.13. The van der Waals surface area contributed by atoms with Crippen molar-refractivity contribution in [1.82, 2.24) is 0 Å². The molecule has 0 amide bonds. The highest BCUT2D eigenvalue weighted by Crippen LogP contribution is 2.29. The molecule has 5 nitrogen and oxygen atoms in total. The van der Waals surface area contributed by atoms with Crippen LogP contribution in [-0.2, 0) is 25.6 Å². The van der Waals surface area contributed by atoms with E-state index in [1.54, 1.807) is 19.2 Å². The van der Waals surface area contributed by atoms with Crippen LogP contribution in [0.5, 0.6) is 5.75 Å². The molecule has 26 heavy (non-hydrogen) atoms. The summed E-state index contributed by atoms with van der Waals surface area (Å²) in [5.74, 6) is 0.0409. The lowest BCUT2D eigenvalue weighted by Gasteiger charge is -2.11. The second-order valence-corrected chi connectivity index (χ2v) is 6.95. The van der Waals surface area contributed by atoms with Crippen LogP contribution in [0.2, 0.25) is 0 Å². The Bertz CT molecular complexity index is 575. The van der Waals surface area contributed by atoms with Crippen LogP contribution in [0, 0.1) is 17.7 Å². The van der Waals surface area contributed by atoms with Gasteiger partial charge in [-0.15, -0.1) is 0 Å². The minimum atomic E-state index is -0.385. The third-order valence-corrected chi connectivity index (χ3v) is 4.51. The zero-order chi connectivity index (χ0) is 18.9. The van der Waals surface area contributed by atoms with Gasteiger partial charge in [0.2, 0.25) is 0 Å². The van der Waals surface area contributed by atoms with Crippen LogP contribution in [0.15, 0.2) is 18.2 Å². The first-order valence-electron chi connectivity index (χ1n) is 9.19. The summed E-state index contributed by atoms with van der Waals surface area (Å²) in [4.78, 5) is 11.8. The molecular weight excluding hydrogens is 339 g/mol. The molecule has 0 bridgehead atoms. The van der Waals surface area contributed by atoms with Crippen molar-refractivity contribution in [2.24, 2.45) is 11.8 Å². The lowest BCUT2D eigenvalue weighted by atomic mass is 9.92. The molecule has 0 saturated carbocycles. The predicted molar refractivity (Wildman–Crippen MR) is 95.5 cm³/mol. The highest BCUT2D eigenvalue weighted by atomic mass is 19.1. The van der Waals surface area contributed by atoms with Gasteiger partial charge >= 0.3 is 5.97 Å². The van der Waals surface area contributed by atoms with Crippen molar-refractivity contribution < 1.29 is 28.1 Å². The highest BCUT2D eigenvalue weighted by molar-refractivity contribution is 5.74. The highest BCUT2D eigenvalue weighted by Gasteiger charge is 2.35. The summed E-state index contributed by atoms with van der Waals surface area (Å²) >= 11 is 0. The molecule has 1 heterocycles. The van der Waals surface area contributed by atoms with Gasteiger partial charge in [-0.3, -0.25) is 4.79 Å². The van der Waals surface area contributed by atoms with Crippen LogP contribution in [0.25, 0.3) is 0 Å². The van der Waals surface area contributed by atoms with E-state index in [4.69, 9.17) is 18.9 Å². The summed E-state index contributed by atoms with van der Waals surface area (Å²) in [5, 5.41) is 0. The topological polar surface area (TPSA) is 54.0 Å². The Balaban J connectivity index is 1.71. The van der Waals surface area contributed by atoms with Gasteiger partial charge in [-0.2, -0.15) is 0 Å². The fourth-order valence-electron chi connectivity index (χ4n) is 2.94. The number of hydrogen-bond donors (Lipinski definition) is 0. The van der Waals surface area contributed by atoms with Crippen LogP contribution >= 0.6 is 0 Å². The van der Waals surface area contributed by atoms with Crippen LogP contribution in [0.3, 0.4) is 0 Å². The number of carbonyl (C=O) groups excluding carboxylic acids is 1. The minimum Gasteiger partial charge on any atom is -0.490 e. The smallest absolute Gasteiger partial charge is 0.309 e. The number of cyclic esters (lactones) is 1. The Hall–Kier alpha value is -1.66. The van der Waals surface area contributed by atoms with Gasteiger partial charge in [-0.05, 0) is 30.0 Å². The number of benzene rings is 1. The molecule has 146 valence electrons. The first kappa shape index (κ1) is 20.6. The summed E-state index contributed by atoms with van der Waals surface area (Å²) in [6, 6.07) is 4.73. The lowest BCUT2D eigenvalue weighted by molar-refractivity contribution is -0.145. The fourth-order valence-corrected chi connectivity index (χ4v) is 2.94. The fraction of sp³-hybridized carbons (Fsp3) is 0.650. The molecule has 0 aromatic heterocycles. The average molecular weight is 368 g/mol. The summed E-state index contributed by atoms with van der Waals surface area (Å²) in [7, 11) is 1.62. The third kappa shape index (κ3) is 6.25. The second kappa shape index (κ2) is 10.5. The van der Waals surface area contributed by atoms with Crippen LogP contribution in [0.1, 0.15) is 38.7 Å². The monoisotopic (exact) mass is 368 g/mol. The molecule has 1 fully saturated rings. The van der Waals surface area contributed by atoms with Crippen LogP contribution in [-0.4, -0.2) is 39.0 Å². The van der Waals surface area contributed by atoms with E-state index >= 15 is 0 Å². The van der Waals surface area contributed by atoms with Gasteiger partial charge in [-0.1, -0.05) is 19.9 Å². The first-order chi connectivity index (χ1) is 12.5. The Morgan fingerprint density at radius 1 is 1.27 bits per heavy atom. The number of hydrogen-bond acceptors (Lipinski definition) is 5. The number of halogens is 1. The molecule has 1 saturated heterocycles. The van der Waals surface area contributed by atoms with E-state index in [1.807, 2.05) is 13.8 Å². The van der Waals surface area contributed by atoms with E-state index in [9.17, 15) is 9.18 Å².